The molecule has 0 aliphatic heterocycles. The van der Waals surface area contributed by atoms with Crippen LogP contribution in [0.25, 0.3) is 0 Å². The van der Waals surface area contributed by atoms with Gasteiger partial charge in [0, 0.05) is 12.0 Å². The van der Waals surface area contributed by atoms with E-state index >= 15 is 0 Å². The van der Waals surface area contributed by atoms with Crippen LogP contribution in [0.2, 0.25) is 0 Å². The monoisotopic (exact) mass is 253 g/mol. The van der Waals surface area contributed by atoms with E-state index in [1.165, 1.54) is 26.2 Å². The number of carbonyl (C=O) groups is 2. The van der Waals surface area contributed by atoms with E-state index in [1.807, 2.05) is 0 Å². The summed E-state index contributed by atoms with van der Waals surface area (Å²) in [6.07, 6.45) is -0.135. The Morgan fingerprint density at radius 1 is 1.33 bits per heavy atom. The van der Waals surface area contributed by atoms with Crippen molar-refractivity contribution in [3.63, 3.8) is 0 Å². The Labute approximate surface area is 104 Å². The molecule has 0 saturated heterocycles. The molecule has 0 aromatic heterocycles. The highest BCUT2D eigenvalue weighted by Gasteiger charge is 2.35. The van der Waals surface area contributed by atoms with E-state index in [0.717, 1.165) is 0 Å². The molecule has 6 heteroatoms. The van der Waals surface area contributed by atoms with Gasteiger partial charge in [-0.25, -0.2) is 4.79 Å². The van der Waals surface area contributed by atoms with Gasteiger partial charge in [-0.15, -0.1) is 0 Å². The summed E-state index contributed by atoms with van der Waals surface area (Å²) in [5, 5.41) is 20.6. The van der Waals surface area contributed by atoms with Crippen LogP contribution in [0.3, 0.4) is 0 Å². The van der Waals surface area contributed by atoms with Crippen LogP contribution in [0, 0.1) is 0 Å². The number of carboxylic acid groups (broad SMARTS) is 1. The fourth-order valence-corrected chi connectivity index (χ4v) is 1.30. The van der Waals surface area contributed by atoms with Gasteiger partial charge in [0.05, 0.1) is 7.11 Å². The molecule has 6 nitrogen and oxygen atoms in total. The first-order valence-corrected chi connectivity index (χ1v) is 5.35. The van der Waals surface area contributed by atoms with E-state index in [1.54, 1.807) is 12.1 Å². The summed E-state index contributed by atoms with van der Waals surface area (Å²) in [6.45, 7) is 1.46. The maximum absolute atomic E-state index is 11.7. The molecule has 1 atom stereocenters. The molecule has 0 aliphatic carbocycles. The molecule has 3 N–H and O–H groups in total. The summed E-state index contributed by atoms with van der Waals surface area (Å²) in [5.41, 5.74) is -2.01. The fourth-order valence-electron chi connectivity index (χ4n) is 1.30. The van der Waals surface area contributed by atoms with Gasteiger partial charge in [0.15, 0.2) is 0 Å². The quantitative estimate of drug-likeness (QED) is 0.668. The molecule has 0 saturated carbocycles. The molecule has 1 aromatic carbocycles. The van der Waals surface area contributed by atoms with Crippen LogP contribution in [0.5, 0.6) is 5.75 Å². The number of carboxylic acids is 1. The summed E-state index contributed by atoms with van der Waals surface area (Å²) in [6, 6.07) is 6.10. The molecule has 0 spiro atoms. The van der Waals surface area contributed by atoms with E-state index in [4.69, 9.17) is 9.84 Å². The predicted molar refractivity (Wildman–Crippen MR) is 63.3 cm³/mol. The van der Waals surface area contributed by atoms with E-state index in [2.05, 4.69) is 5.32 Å². The first kappa shape index (κ1) is 14.0. The number of amides is 1. The van der Waals surface area contributed by atoms with Crippen LogP contribution in [0.15, 0.2) is 24.3 Å². The number of carbonyl (C=O) groups excluding carboxylic acids is 1. The van der Waals surface area contributed by atoms with E-state index < -0.39 is 17.6 Å². The van der Waals surface area contributed by atoms with Crippen LogP contribution in [0.1, 0.15) is 23.7 Å². The second-order valence-corrected chi connectivity index (χ2v) is 3.70. The second-order valence-electron chi connectivity index (χ2n) is 3.70. The standard InChI is InChI=1S/C12H15NO5/c1-3-12(17,11(15)16)13-10(14)8-4-6-9(18-2)7-5-8/h4-7,17H,3H2,1-2H3,(H,13,14)(H,15,16). The fraction of sp³-hybridized carbons (Fsp3) is 0.333. The van der Waals surface area contributed by atoms with Crippen molar-refractivity contribution in [2.24, 2.45) is 0 Å². The Morgan fingerprint density at radius 2 is 1.89 bits per heavy atom. The highest BCUT2D eigenvalue weighted by atomic mass is 16.5. The number of aliphatic hydroxyl groups is 1. The van der Waals surface area contributed by atoms with Gasteiger partial charge in [0.2, 0.25) is 5.72 Å². The Hall–Kier alpha value is -2.08. The van der Waals surface area contributed by atoms with Gasteiger partial charge < -0.3 is 20.3 Å². The molecular formula is C12H15NO5. The summed E-state index contributed by atoms with van der Waals surface area (Å²) >= 11 is 0. The van der Waals surface area contributed by atoms with Gasteiger partial charge in [-0.3, -0.25) is 4.79 Å². The van der Waals surface area contributed by atoms with E-state index in [9.17, 15) is 14.7 Å². The first-order chi connectivity index (χ1) is 8.42. The zero-order chi connectivity index (χ0) is 13.8. The summed E-state index contributed by atoms with van der Waals surface area (Å²) in [7, 11) is 1.50. The van der Waals surface area contributed by atoms with Crippen molar-refractivity contribution in [2.75, 3.05) is 7.11 Å². The van der Waals surface area contributed by atoms with Crippen molar-refractivity contribution in [3.8, 4) is 5.75 Å². The molecule has 1 unspecified atom stereocenters. The molecule has 18 heavy (non-hydrogen) atoms. The number of methoxy groups -OCH3 is 1. The molecule has 0 heterocycles. The highest BCUT2D eigenvalue weighted by Crippen LogP contribution is 2.13. The Morgan fingerprint density at radius 3 is 2.28 bits per heavy atom. The van der Waals surface area contributed by atoms with Gasteiger partial charge in [0.1, 0.15) is 5.75 Å². The normalized spacial score (nSPS) is 13.5. The zero-order valence-electron chi connectivity index (χ0n) is 10.1. The van der Waals surface area contributed by atoms with Crippen LogP contribution in [-0.2, 0) is 4.79 Å². The average Bonchev–Trinajstić information content (AvgIpc) is 2.38. The van der Waals surface area contributed by atoms with Crippen molar-refractivity contribution < 1.29 is 24.5 Å². The number of hydrogen-bond acceptors (Lipinski definition) is 4. The molecule has 0 fully saturated rings. The maximum atomic E-state index is 11.7. The molecular weight excluding hydrogens is 238 g/mol. The second kappa shape index (κ2) is 5.50. The minimum absolute atomic E-state index is 0.135. The third-order valence-corrected chi connectivity index (χ3v) is 2.54. The third-order valence-electron chi connectivity index (χ3n) is 2.54. The largest absolute Gasteiger partial charge is 0.497 e. The van der Waals surface area contributed by atoms with Gasteiger partial charge in [0.25, 0.3) is 5.91 Å². The van der Waals surface area contributed by atoms with Crippen molar-refractivity contribution in [1.82, 2.24) is 5.32 Å². The molecule has 0 radical (unpaired) electrons. The number of benzene rings is 1. The van der Waals surface area contributed by atoms with E-state index in [-0.39, 0.29) is 12.0 Å². The van der Waals surface area contributed by atoms with Crippen molar-refractivity contribution in [3.05, 3.63) is 29.8 Å². The molecule has 1 amide bonds. The predicted octanol–water partition coefficient (Wildman–Crippen LogP) is 0.608. The zero-order valence-corrected chi connectivity index (χ0v) is 10.1. The molecule has 0 bridgehead atoms. The Bertz CT molecular complexity index is 442. The average molecular weight is 253 g/mol. The van der Waals surface area contributed by atoms with Gasteiger partial charge >= 0.3 is 5.97 Å². The van der Waals surface area contributed by atoms with Gasteiger partial charge in [-0.1, -0.05) is 6.92 Å². The van der Waals surface area contributed by atoms with Crippen LogP contribution in [-0.4, -0.2) is 34.9 Å². The lowest BCUT2D eigenvalue weighted by Gasteiger charge is -2.22. The molecule has 1 rings (SSSR count). The van der Waals surface area contributed by atoms with Gasteiger partial charge in [-0.05, 0) is 24.3 Å². The number of nitrogens with one attached hydrogen (secondary N) is 1. The molecule has 98 valence electrons. The first-order valence-electron chi connectivity index (χ1n) is 5.35. The maximum Gasteiger partial charge on any atom is 0.357 e. The van der Waals surface area contributed by atoms with Crippen LogP contribution < -0.4 is 10.1 Å². The minimum atomic E-state index is -2.25. The summed E-state index contributed by atoms with van der Waals surface area (Å²) in [5.74, 6) is -1.58. The van der Waals surface area contributed by atoms with Crippen molar-refractivity contribution >= 4 is 11.9 Å². The number of aliphatic carboxylic acids is 1. The topological polar surface area (TPSA) is 95.9 Å². The van der Waals surface area contributed by atoms with Crippen LogP contribution >= 0.6 is 0 Å². The van der Waals surface area contributed by atoms with Gasteiger partial charge in [-0.2, -0.15) is 0 Å². The number of hydrogen-bond donors (Lipinski definition) is 3. The van der Waals surface area contributed by atoms with E-state index in [0.29, 0.717) is 5.75 Å². The summed E-state index contributed by atoms with van der Waals surface area (Å²) in [4.78, 5) is 22.6. The lowest BCUT2D eigenvalue weighted by Crippen LogP contribution is -2.54. The Kier molecular flexibility index (Phi) is 4.28. The molecule has 0 aliphatic rings. The highest BCUT2D eigenvalue weighted by molar-refractivity contribution is 5.97. The minimum Gasteiger partial charge on any atom is -0.497 e. The number of ether oxygens (including phenoxy) is 1. The SMILES string of the molecule is CCC(O)(NC(=O)c1ccc(OC)cc1)C(=O)O. The third kappa shape index (κ3) is 2.98. The van der Waals surface area contributed by atoms with Crippen molar-refractivity contribution in [2.45, 2.75) is 19.1 Å². The van der Waals surface area contributed by atoms with Crippen LogP contribution in [0.4, 0.5) is 0 Å². The van der Waals surface area contributed by atoms with Crippen molar-refractivity contribution in [1.29, 1.82) is 0 Å². The molecule has 1 aromatic rings. The lowest BCUT2D eigenvalue weighted by atomic mass is 10.1. The smallest absolute Gasteiger partial charge is 0.357 e. The Balaban J connectivity index is 2.84. The summed E-state index contributed by atoms with van der Waals surface area (Å²) < 4.78 is 4.93. The number of rotatable bonds is 5. The lowest BCUT2D eigenvalue weighted by molar-refractivity contribution is -0.161.